The van der Waals surface area contributed by atoms with E-state index in [0.29, 0.717) is 42.3 Å². The van der Waals surface area contributed by atoms with Crippen molar-refractivity contribution in [3.63, 3.8) is 0 Å². The van der Waals surface area contributed by atoms with Gasteiger partial charge in [0.05, 0.1) is 29.9 Å². The second kappa shape index (κ2) is 9.34. The van der Waals surface area contributed by atoms with E-state index in [9.17, 15) is 10.0 Å². The summed E-state index contributed by atoms with van der Waals surface area (Å²) < 4.78 is 8.85. The topological polar surface area (TPSA) is 104 Å². The number of pyridine rings is 1. The molecule has 0 unspecified atom stereocenters. The molecule has 2 aliphatic rings. The summed E-state index contributed by atoms with van der Waals surface area (Å²) in [6, 6.07) is 11.6. The summed E-state index contributed by atoms with van der Waals surface area (Å²) in [6.07, 6.45) is 8.82. The lowest BCUT2D eigenvalue weighted by atomic mass is 9.84. The fraction of sp³-hybridized carbons (Fsp3) is 0.462. The van der Waals surface area contributed by atoms with E-state index in [4.69, 9.17) is 15.1 Å². The summed E-state index contributed by atoms with van der Waals surface area (Å²) in [5, 5.41) is 28.2. The number of nitrogens with zero attached hydrogens (tertiary/aromatic N) is 4. The molecular weight excluding hydrogens is 430 g/mol. The number of benzene rings is 1. The molecule has 0 bridgehead atoms. The van der Waals surface area contributed by atoms with E-state index >= 15 is 0 Å². The smallest absolute Gasteiger partial charge is 0.325 e. The Balaban J connectivity index is 1.40. The minimum absolute atomic E-state index is 0.191. The van der Waals surface area contributed by atoms with E-state index < -0.39 is 5.91 Å². The van der Waals surface area contributed by atoms with Crippen LogP contribution in [0.25, 0.3) is 10.9 Å². The zero-order chi connectivity index (χ0) is 23.7. The Bertz CT molecular complexity index is 1250. The van der Waals surface area contributed by atoms with Gasteiger partial charge >= 0.3 is 11.6 Å². The number of carbonyl (C=O) groups excluding carboxylic acids is 1. The molecular formula is C26H30N5O3+. The third kappa shape index (κ3) is 4.43. The molecule has 2 heterocycles. The fourth-order valence-corrected chi connectivity index (χ4v) is 4.94. The van der Waals surface area contributed by atoms with Crippen molar-refractivity contribution in [2.24, 2.45) is 5.92 Å². The van der Waals surface area contributed by atoms with Gasteiger partial charge in [0.1, 0.15) is 5.75 Å². The zero-order valence-electron chi connectivity index (χ0n) is 19.4. The van der Waals surface area contributed by atoms with E-state index in [1.54, 1.807) is 12.1 Å². The maximum Gasteiger partial charge on any atom is 0.325 e. The van der Waals surface area contributed by atoms with E-state index in [1.807, 2.05) is 36.0 Å². The molecule has 5 rings (SSSR count). The number of ether oxygens (including phenoxy) is 1. The summed E-state index contributed by atoms with van der Waals surface area (Å²) in [7, 11) is 0. The molecule has 2 N–H and O–H groups in total. The van der Waals surface area contributed by atoms with Crippen LogP contribution in [0.3, 0.4) is 0 Å². The van der Waals surface area contributed by atoms with Gasteiger partial charge in [0.2, 0.25) is 5.69 Å². The maximum absolute atomic E-state index is 13.1. The van der Waals surface area contributed by atoms with Crippen LogP contribution in [0.5, 0.6) is 5.75 Å². The average molecular weight is 461 g/mol. The van der Waals surface area contributed by atoms with Crippen molar-refractivity contribution in [3.05, 3.63) is 47.9 Å². The predicted octanol–water partition coefficient (Wildman–Crippen LogP) is 4.73. The van der Waals surface area contributed by atoms with Crippen molar-refractivity contribution in [3.8, 4) is 11.8 Å². The van der Waals surface area contributed by atoms with Crippen LogP contribution in [0.15, 0.2) is 36.5 Å². The number of amides is 1. The van der Waals surface area contributed by atoms with Crippen molar-refractivity contribution in [1.29, 1.82) is 5.26 Å². The molecule has 0 saturated heterocycles. The second-order valence-corrected chi connectivity index (χ2v) is 9.36. The minimum atomic E-state index is -0.395. The van der Waals surface area contributed by atoms with Crippen LogP contribution in [0.2, 0.25) is 0 Å². The maximum atomic E-state index is 13.1. The molecule has 0 spiro atoms. The number of nitriles is 1. The van der Waals surface area contributed by atoms with E-state index in [-0.39, 0.29) is 5.69 Å². The molecule has 34 heavy (non-hydrogen) atoms. The first-order valence-corrected chi connectivity index (χ1v) is 12.2. The molecule has 0 aliphatic heterocycles. The van der Waals surface area contributed by atoms with Gasteiger partial charge < -0.3 is 10.1 Å². The Kier molecular flexibility index (Phi) is 6.10. The van der Waals surface area contributed by atoms with Crippen molar-refractivity contribution in [2.45, 2.75) is 63.8 Å². The first-order chi connectivity index (χ1) is 16.6. The molecule has 8 nitrogen and oxygen atoms in total. The lowest BCUT2D eigenvalue weighted by molar-refractivity contribution is -0.910. The average Bonchev–Trinajstić information content (AvgIpc) is 3.59. The van der Waals surface area contributed by atoms with E-state index in [0.717, 1.165) is 59.9 Å². The Hall–Kier alpha value is -3.60. The van der Waals surface area contributed by atoms with Crippen molar-refractivity contribution < 1.29 is 19.5 Å². The SMILES string of the molecule is CCOc1cc2nn(C3CCC(CC#N)CC3)cc2cc1NC(=O)c1cccc(C2CC2)[n+]1O. The van der Waals surface area contributed by atoms with Crippen LogP contribution in [0.1, 0.15) is 80.0 Å². The molecule has 3 aromatic rings. The highest BCUT2D eigenvalue weighted by atomic mass is 16.5. The van der Waals surface area contributed by atoms with Gasteiger partial charge in [-0.15, -0.1) is 0 Å². The van der Waals surface area contributed by atoms with Crippen LogP contribution >= 0.6 is 0 Å². The highest BCUT2D eigenvalue weighted by molar-refractivity contribution is 6.04. The number of anilines is 1. The van der Waals surface area contributed by atoms with Gasteiger partial charge in [-0.3, -0.25) is 14.7 Å². The summed E-state index contributed by atoms with van der Waals surface area (Å²) in [5.41, 5.74) is 2.32. The van der Waals surface area contributed by atoms with Crippen LogP contribution < -0.4 is 14.8 Å². The van der Waals surface area contributed by atoms with Gasteiger partial charge in [-0.1, -0.05) is 0 Å². The van der Waals surface area contributed by atoms with Crippen molar-refractivity contribution in [2.75, 3.05) is 11.9 Å². The van der Waals surface area contributed by atoms with Gasteiger partial charge in [0.15, 0.2) is 0 Å². The quantitative estimate of drug-likeness (QED) is 0.392. The highest BCUT2D eigenvalue weighted by Crippen LogP contribution is 2.38. The standard InChI is InChI=1S/C26H29N5O3/c1-2-34-25-15-21-19(16-30(29-21)20-10-6-17(7-11-20)12-13-27)14-22(25)28-26(32)24-5-3-4-23(31(24)33)18-8-9-18/h3-5,14-18,20H,2,6-12H2,1H3,(H-,28,32,33)/p+1. The summed E-state index contributed by atoms with van der Waals surface area (Å²) in [6.45, 7) is 2.35. The molecule has 1 amide bonds. The molecule has 8 heteroatoms. The zero-order valence-corrected chi connectivity index (χ0v) is 19.4. The van der Waals surface area contributed by atoms with Gasteiger partial charge in [0.25, 0.3) is 0 Å². The van der Waals surface area contributed by atoms with E-state index in [2.05, 4.69) is 11.4 Å². The van der Waals surface area contributed by atoms with Crippen molar-refractivity contribution in [1.82, 2.24) is 9.78 Å². The monoisotopic (exact) mass is 460 g/mol. The Labute approximate surface area is 198 Å². The predicted molar refractivity (Wildman–Crippen MR) is 126 cm³/mol. The molecule has 1 aromatic carbocycles. The molecule has 0 radical (unpaired) electrons. The largest absolute Gasteiger partial charge is 0.492 e. The van der Waals surface area contributed by atoms with Gasteiger partial charge in [0, 0.05) is 46.9 Å². The number of rotatable bonds is 7. The Morgan fingerprint density at radius 1 is 1.26 bits per heavy atom. The molecule has 2 fully saturated rings. The number of hydrogen-bond donors (Lipinski definition) is 2. The van der Waals surface area contributed by atoms with Crippen molar-refractivity contribution >= 4 is 22.5 Å². The van der Waals surface area contributed by atoms with Crippen LogP contribution in [0, 0.1) is 17.2 Å². The Morgan fingerprint density at radius 3 is 2.76 bits per heavy atom. The second-order valence-electron chi connectivity index (χ2n) is 9.36. The first-order valence-electron chi connectivity index (χ1n) is 12.2. The summed E-state index contributed by atoms with van der Waals surface area (Å²) in [5.74, 6) is 0.960. The summed E-state index contributed by atoms with van der Waals surface area (Å²) >= 11 is 0. The molecule has 2 aromatic heterocycles. The Morgan fingerprint density at radius 2 is 2.06 bits per heavy atom. The van der Waals surface area contributed by atoms with Gasteiger partial charge in [-0.2, -0.15) is 10.4 Å². The first kappa shape index (κ1) is 22.2. The third-order valence-corrected chi connectivity index (χ3v) is 6.96. The number of hydrogen-bond acceptors (Lipinski definition) is 5. The third-order valence-electron chi connectivity index (χ3n) is 6.96. The van der Waals surface area contributed by atoms with Crippen LogP contribution in [-0.2, 0) is 0 Å². The van der Waals surface area contributed by atoms with Crippen LogP contribution in [0.4, 0.5) is 5.69 Å². The van der Waals surface area contributed by atoms with Gasteiger partial charge in [-0.05, 0) is 63.5 Å². The fourth-order valence-electron chi connectivity index (χ4n) is 4.94. The lowest BCUT2D eigenvalue weighted by Crippen LogP contribution is -2.43. The number of carbonyl (C=O) groups is 1. The lowest BCUT2D eigenvalue weighted by Gasteiger charge is -2.27. The molecule has 0 atom stereocenters. The van der Waals surface area contributed by atoms with Crippen LogP contribution in [-0.4, -0.2) is 27.5 Å². The highest BCUT2D eigenvalue weighted by Gasteiger charge is 2.35. The summed E-state index contributed by atoms with van der Waals surface area (Å²) in [4.78, 5) is 13.1. The molecule has 2 aliphatic carbocycles. The number of nitrogens with one attached hydrogen (secondary N) is 1. The van der Waals surface area contributed by atoms with E-state index in [1.165, 1.54) is 0 Å². The minimum Gasteiger partial charge on any atom is -0.492 e. The number of aromatic nitrogens is 3. The van der Waals surface area contributed by atoms with Gasteiger partial charge in [-0.25, -0.2) is 0 Å². The molecule has 2 saturated carbocycles. The molecule has 176 valence electrons. The normalized spacial score (nSPS) is 20.1. The number of fused-ring (bicyclic) bond motifs is 1.